The van der Waals surface area contributed by atoms with Crippen LogP contribution in [0.5, 0.6) is 0 Å². The molecule has 9 nitrogen and oxygen atoms in total. The maximum Gasteiger partial charge on any atom is 0.329 e. The zero-order valence-electron chi connectivity index (χ0n) is 18.3. The quantitative estimate of drug-likeness (QED) is 0.208. The third-order valence-electron chi connectivity index (χ3n) is 4.49. The fraction of sp³-hybridized carbons (Fsp3) is 0.571. The molecule has 1 aromatic carbocycles. The summed E-state index contributed by atoms with van der Waals surface area (Å²) >= 11 is 0.969. The average molecular weight is 455 g/mol. The number of hydrogen-bond acceptors (Lipinski definition) is 8. The molecule has 0 aromatic heterocycles. The molecule has 0 heterocycles. The monoisotopic (exact) mass is 454 g/mol. The number of nitrogens with zero attached hydrogens (tertiary/aromatic N) is 1. The summed E-state index contributed by atoms with van der Waals surface area (Å²) in [7, 11) is 0. The molecule has 1 N–H and O–H groups in total. The van der Waals surface area contributed by atoms with Gasteiger partial charge in [-0.25, -0.2) is 4.79 Å². The number of rotatable bonds is 13. The van der Waals surface area contributed by atoms with Gasteiger partial charge >= 0.3 is 5.97 Å². The molecule has 0 aliphatic heterocycles. The number of carbonyl (C=O) groups is 3. The normalized spacial score (nSPS) is 12.7. The third-order valence-corrected chi connectivity index (χ3v) is 5.63. The molecule has 0 unspecified atom stereocenters. The first-order valence-corrected chi connectivity index (χ1v) is 11.1. The van der Waals surface area contributed by atoms with Crippen LogP contribution in [0.25, 0.3) is 0 Å². The molecular formula is C21H30N2O7S. The molecule has 0 spiro atoms. The summed E-state index contributed by atoms with van der Waals surface area (Å²) in [6, 6.07) is 6.91. The first kappa shape index (κ1) is 26.4. The van der Waals surface area contributed by atoms with Crippen LogP contribution in [0.2, 0.25) is 0 Å². The Balaban J connectivity index is 2.54. The lowest BCUT2D eigenvalue weighted by Crippen LogP contribution is -2.43. The maximum absolute atomic E-state index is 12.6. The van der Waals surface area contributed by atoms with E-state index in [-0.39, 0.29) is 30.0 Å². The molecule has 0 bridgehead atoms. The summed E-state index contributed by atoms with van der Waals surface area (Å²) in [6.07, 6.45) is 0.723. The Morgan fingerprint density at radius 2 is 1.65 bits per heavy atom. The smallest absolute Gasteiger partial charge is 0.329 e. The van der Waals surface area contributed by atoms with E-state index >= 15 is 0 Å². The fourth-order valence-electron chi connectivity index (χ4n) is 2.63. The largest absolute Gasteiger partial charge is 0.464 e. The van der Waals surface area contributed by atoms with Crippen LogP contribution in [0.4, 0.5) is 0 Å². The molecule has 2 atom stereocenters. The summed E-state index contributed by atoms with van der Waals surface area (Å²) in [5.41, 5.74) is 2.08. The number of nitrogens with one attached hydrogen (secondary N) is 1. The van der Waals surface area contributed by atoms with Crippen molar-refractivity contribution < 1.29 is 29.0 Å². The van der Waals surface area contributed by atoms with Crippen LogP contribution in [0.1, 0.15) is 63.5 Å². The van der Waals surface area contributed by atoms with Gasteiger partial charge in [-0.1, -0.05) is 56.8 Å². The van der Waals surface area contributed by atoms with Crippen molar-refractivity contribution in [3.05, 3.63) is 45.5 Å². The Hall–Kier alpha value is -2.62. The molecule has 1 aromatic rings. The summed E-state index contributed by atoms with van der Waals surface area (Å²) in [6.45, 7) is 7.23. The standard InChI is InChI=1S/C21H30N2O7S/c1-14(2)17-7-9-18(10-8-17)15(3)21(26)31-13-19(22-16(4)24)20(25)29-11-5-6-12-30-23(27)28/h7-10,14-15,19H,5-6,11-13H2,1-4H3,(H,22,24)/t15-,19-/m0/s1. The van der Waals surface area contributed by atoms with Crippen molar-refractivity contribution in [2.75, 3.05) is 19.0 Å². The predicted octanol–water partition coefficient (Wildman–Crippen LogP) is 3.21. The molecule has 0 fully saturated rings. The number of thioether (sulfide) groups is 1. The van der Waals surface area contributed by atoms with Gasteiger partial charge in [-0.2, -0.15) is 0 Å². The molecule has 31 heavy (non-hydrogen) atoms. The molecule has 0 saturated heterocycles. The van der Waals surface area contributed by atoms with Crippen LogP contribution in [0, 0.1) is 10.1 Å². The van der Waals surface area contributed by atoms with Gasteiger partial charge in [0.25, 0.3) is 5.09 Å². The summed E-state index contributed by atoms with van der Waals surface area (Å²) in [4.78, 5) is 50.5. The SMILES string of the molecule is CC(=O)N[C@@H](CSC(=O)[C@@H](C)c1ccc(C(C)C)cc1)C(=O)OCCCCO[N+](=O)[O-]. The van der Waals surface area contributed by atoms with E-state index in [0.717, 1.165) is 17.3 Å². The van der Waals surface area contributed by atoms with Gasteiger partial charge in [0.05, 0.1) is 19.1 Å². The van der Waals surface area contributed by atoms with Crippen molar-refractivity contribution in [2.45, 2.75) is 58.4 Å². The summed E-state index contributed by atoms with van der Waals surface area (Å²) < 4.78 is 5.12. The van der Waals surface area contributed by atoms with Gasteiger partial charge < -0.3 is 14.9 Å². The number of ether oxygens (including phenoxy) is 1. The van der Waals surface area contributed by atoms with Gasteiger partial charge in [0.2, 0.25) is 5.91 Å². The van der Waals surface area contributed by atoms with E-state index in [2.05, 4.69) is 24.0 Å². The van der Waals surface area contributed by atoms with Crippen LogP contribution < -0.4 is 5.32 Å². The fourth-order valence-corrected chi connectivity index (χ4v) is 3.56. The van der Waals surface area contributed by atoms with E-state index in [1.54, 1.807) is 6.92 Å². The number of hydrogen-bond donors (Lipinski definition) is 1. The minimum atomic E-state index is -0.961. The van der Waals surface area contributed by atoms with Gasteiger partial charge in [0.15, 0.2) is 5.12 Å². The summed E-state index contributed by atoms with van der Waals surface area (Å²) in [5.74, 6) is -0.969. The van der Waals surface area contributed by atoms with E-state index in [4.69, 9.17) is 4.74 Å². The Morgan fingerprint density at radius 3 is 2.19 bits per heavy atom. The average Bonchev–Trinajstić information content (AvgIpc) is 2.72. The highest BCUT2D eigenvalue weighted by Crippen LogP contribution is 2.25. The Bertz CT molecular complexity index is 753. The van der Waals surface area contributed by atoms with E-state index in [1.807, 2.05) is 24.3 Å². The number of unbranched alkanes of at least 4 members (excludes halogenated alkanes) is 1. The molecule has 1 rings (SSSR count). The van der Waals surface area contributed by atoms with Gasteiger partial charge in [0.1, 0.15) is 6.04 Å². The predicted molar refractivity (Wildman–Crippen MR) is 117 cm³/mol. The first-order chi connectivity index (χ1) is 14.6. The molecule has 1 amide bonds. The lowest BCUT2D eigenvalue weighted by atomic mass is 9.97. The number of amides is 1. The third kappa shape index (κ3) is 10.3. The molecule has 0 aliphatic rings. The molecule has 172 valence electrons. The van der Waals surface area contributed by atoms with E-state index in [9.17, 15) is 24.5 Å². The molecule has 0 radical (unpaired) electrons. The highest BCUT2D eigenvalue weighted by molar-refractivity contribution is 8.13. The number of carbonyl (C=O) groups excluding carboxylic acids is 3. The summed E-state index contributed by atoms with van der Waals surface area (Å²) in [5, 5.41) is 11.6. The van der Waals surface area contributed by atoms with Gasteiger partial charge in [-0.3, -0.25) is 9.59 Å². The van der Waals surface area contributed by atoms with Crippen LogP contribution in [0.15, 0.2) is 24.3 Å². The van der Waals surface area contributed by atoms with E-state index < -0.39 is 23.0 Å². The van der Waals surface area contributed by atoms with Crippen LogP contribution in [-0.2, 0) is 24.0 Å². The molecule has 0 saturated carbocycles. The van der Waals surface area contributed by atoms with Crippen molar-refractivity contribution in [2.24, 2.45) is 0 Å². The second-order valence-corrected chi connectivity index (χ2v) is 8.38. The van der Waals surface area contributed by atoms with Crippen molar-refractivity contribution in [3.8, 4) is 0 Å². The Kier molecular flexibility index (Phi) is 11.6. The van der Waals surface area contributed by atoms with E-state index in [1.165, 1.54) is 12.5 Å². The zero-order valence-corrected chi connectivity index (χ0v) is 19.1. The number of esters is 1. The van der Waals surface area contributed by atoms with Gasteiger partial charge in [0, 0.05) is 12.7 Å². The van der Waals surface area contributed by atoms with Crippen molar-refractivity contribution >= 4 is 28.8 Å². The second kappa shape index (κ2) is 13.6. The molecular weight excluding hydrogens is 424 g/mol. The Morgan fingerprint density at radius 1 is 1.06 bits per heavy atom. The van der Waals surface area contributed by atoms with Crippen LogP contribution >= 0.6 is 11.8 Å². The molecule has 0 aliphatic carbocycles. The van der Waals surface area contributed by atoms with Crippen molar-refractivity contribution in [3.63, 3.8) is 0 Å². The van der Waals surface area contributed by atoms with Crippen molar-refractivity contribution in [1.82, 2.24) is 5.32 Å². The molecule has 10 heteroatoms. The van der Waals surface area contributed by atoms with Crippen LogP contribution in [0.3, 0.4) is 0 Å². The Labute approximate surface area is 186 Å². The first-order valence-electron chi connectivity index (χ1n) is 10.1. The minimum Gasteiger partial charge on any atom is -0.464 e. The van der Waals surface area contributed by atoms with E-state index in [0.29, 0.717) is 18.8 Å². The second-order valence-electron chi connectivity index (χ2n) is 7.36. The van der Waals surface area contributed by atoms with Crippen LogP contribution in [-0.4, -0.2) is 47.1 Å². The highest BCUT2D eigenvalue weighted by Gasteiger charge is 2.24. The van der Waals surface area contributed by atoms with Crippen molar-refractivity contribution in [1.29, 1.82) is 0 Å². The maximum atomic E-state index is 12.6. The zero-order chi connectivity index (χ0) is 23.4. The van der Waals surface area contributed by atoms with Gasteiger partial charge in [-0.15, -0.1) is 10.1 Å². The number of benzene rings is 1. The highest BCUT2D eigenvalue weighted by atomic mass is 32.2. The lowest BCUT2D eigenvalue weighted by molar-refractivity contribution is -0.757. The minimum absolute atomic E-state index is 0.0349. The lowest BCUT2D eigenvalue weighted by Gasteiger charge is -2.17. The van der Waals surface area contributed by atoms with Gasteiger partial charge in [-0.05, 0) is 29.9 Å². The topological polar surface area (TPSA) is 125 Å².